The van der Waals surface area contributed by atoms with Gasteiger partial charge in [0.05, 0.1) is 15.8 Å². The number of carboxylic acids is 2. The minimum absolute atomic E-state index is 0.0174. The lowest BCUT2D eigenvalue weighted by atomic mass is 10.00. The fourth-order valence-corrected chi connectivity index (χ4v) is 6.55. The molecule has 0 spiro atoms. The van der Waals surface area contributed by atoms with Crippen LogP contribution in [0.5, 0.6) is 0 Å². The van der Waals surface area contributed by atoms with Gasteiger partial charge in [0.15, 0.2) is 0 Å². The van der Waals surface area contributed by atoms with Crippen molar-refractivity contribution in [3.05, 3.63) is 110 Å². The fraction of sp³-hybridized carbons (Fsp3) is 0.333. The Morgan fingerprint density at radius 1 is 0.706 bits per heavy atom. The third kappa shape index (κ3) is 7.82. The van der Waals surface area contributed by atoms with Crippen LogP contribution in [-0.4, -0.2) is 52.9 Å². The molecule has 2 unspecified atom stereocenters. The molecule has 0 bridgehead atoms. The maximum atomic E-state index is 11.4. The Morgan fingerprint density at radius 3 is 1.76 bits per heavy atom. The van der Waals surface area contributed by atoms with Gasteiger partial charge in [-0.1, -0.05) is 29.3 Å². The molecule has 0 aliphatic heterocycles. The molecule has 6 aromatic rings. The van der Waals surface area contributed by atoms with Gasteiger partial charge in [0, 0.05) is 78.4 Å². The number of nitrogens with zero attached hydrogens (tertiary/aromatic N) is 4. The van der Waals surface area contributed by atoms with Gasteiger partial charge in [-0.3, -0.25) is 19.7 Å². The number of rotatable bonds is 7. The summed E-state index contributed by atoms with van der Waals surface area (Å²) in [6.07, 6.45) is 0.421. The molecule has 6 rings (SSSR count). The highest BCUT2D eigenvalue weighted by Gasteiger charge is 2.26. The van der Waals surface area contributed by atoms with Crippen molar-refractivity contribution in [1.82, 2.24) is 13.7 Å². The molecule has 0 aliphatic carbocycles. The largest absolute Gasteiger partial charge is 0.480 e. The number of nitrogens with two attached hydrogens (primary N) is 2. The summed E-state index contributed by atoms with van der Waals surface area (Å²) in [7, 11) is 5.89. The Balaban J connectivity index is 0.000000177. The van der Waals surface area contributed by atoms with Crippen LogP contribution in [0.3, 0.4) is 0 Å². The van der Waals surface area contributed by atoms with Gasteiger partial charge >= 0.3 is 11.9 Å². The summed E-state index contributed by atoms with van der Waals surface area (Å²) in [6, 6.07) is 16.6. The number of hydrogen-bond donors (Lipinski definition) is 4. The van der Waals surface area contributed by atoms with Crippen LogP contribution in [0.15, 0.2) is 54.6 Å². The highest BCUT2D eigenvalue weighted by Crippen LogP contribution is 2.36. The predicted octanol–water partition coefficient (Wildman–Crippen LogP) is 6.20. The van der Waals surface area contributed by atoms with Gasteiger partial charge in [-0.25, -0.2) is 0 Å². The molecule has 0 radical (unpaired) electrons. The third-order valence-electron chi connectivity index (χ3n) is 9.84. The summed E-state index contributed by atoms with van der Waals surface area (Å²) in [4.78, 5) is 32.8. The summed E-state index contributed by atoms with van der Waals surface area (Å²) in [6.45, 7) is 11.8. The van der Waals surface area contributed by atoms with Crippen LogP contribution in [0, 0.1) is 51.7 Å². The van der Waals surface area contributed by atoms with E-state index in [-0.39, 0.29) is 12.1 Å². The first-order valence-corrected chi connectivity index (χ1v) is 16.6. The third-order valence-corrected chi connectivity index (χ3v) is 9.84. The lowest BCUT2D eigenvalue weighted by Gasteiger charge is -2.07. The van der Waals surface area contributed by atoms with E-state index < -0.39 is 28.9 Å². The van der Waals surface area contributed by atoms with Crippen molar-refractivity contribution in [2.75, 3.05) is 0 Å². The zero-order chi connectivity index (χ0) is 38.1. The number of aromatic nitrogens is 3. The summed E-state index contributed by atoms with van der Waals surface area (Å²) in [5.41, 5.74) is 22.3. The van der Waals surface area contributed by atoms with Crippen molar-refractivity contribution in [2.45, 2.75) is 66.5 Å². The topological polar surface area (TPSA) is 185 Å². The quantitative estimate of drug-likeness (QED) is 0.112. The van der Waals surface area contributed by atoms with Crippen LogP contribution in [0.1, 0.15) is 44.9 Å². The van der Waals surface area contributed by atoms with E-state index in [2.05, 4.69) is 72.5 Å². The normalized spacial score (nSPS) is 12.3. The Morgan fingerprint density at radius 2 is 1.20 bits per heavy atom. The summed E-state index contributed by atoms with van der Waals surface area (Å²) in [5, 5.41) is 32.2. The average Bonchev–Trinajstić information content (AvgIpc) is 3.57. The smallest absolute Gasteiger partial charge is 0.320 e. The van der Waals surface area contributed by atoms with Crippen molar-refractivity contribution in [3.8, 4) is 0 Å². The monoisotopic (exact) mass is 696 g/mol. The van der Waals surface area contributed by atoms with E-state index in [1.54, 1.807) is 26.1 Å². The standard InChI is InChI=1S/C14H17N3O4.C14H18N2O2.C11H13N/c1-7-4-5-11-12(13(7)17(20)21)9(8(2)16(11)3)6-10(15)14(18)19;1-8-4-5-13-11(6-8)10(9(2)16(13)3)7-12(15)14(17)18;1-8-4-5-11-10(6-8)7-9(2)12(11)3/h4-5,10H,6,15H2,1-3H3,(H,18,19);4-6,12H,7,15H2,1-3H3,(H,17,18);4-7H,1-3H3. The Kier molecular flexibility index (Phi) is 11.4. The minimum atomic E-state index is -1.12. The molecule has 0 saturated heterocycles. The number of carboxylic acid groups (broad SMARTS) is 2. The van der Waals surface area contributed by atoms with E-state index in [0.29, 0.717) is 28.5 Å². The number of carbonyl (C=O) groups is 2. The zero-order valence-corrected chi connectivity index (χ0v) is 30.7. The van der Waals surface area contributed by atoms with Gasteiger partial charge in [0.25, 0.3) is 5.69 Å². The first-order valence-electron chi connectivity index (χ1n) is 16.6. The van der Waals surface area contributed by atoms with Crippen LogP contribution in [0.25, 0.3) is 32.7 Å². The molecule has 0 aliphatic rings. The molecular weight excluding hydrogens is 648 g/mol. The lowest BCUT2D eigenvalue weighted by molar-refractivity contribution is -0.383. The number of nitro groups is 1. The second-order valence-electron chi connectivity index (χ2n) is 13.4. The molecule has 6 N–H and O–H groups in total. The van der Waals surface area contributed by atoms with Crippen LogP contribution in [-0.2, 0) is 43.6 Å². The first-order chi connectivity index (χ1) is 23.8. The van der Waals surface area contributed by atoms with E-state index in [1.165, 1.54) is 27.7 Å². The number of benzene rings is 3. The molecule has 3 aromatic heterocycles. The van der Waals surface area contributed by atoms with Crippen LogP contribution < -0.4 is 11.5 Å². The number of nitro benzene ring substituents is 1. The summed E-state index contributed by atoms with van der Waals surface area (Å²) in [5.74, 6) is -2.08. The van der Waals surface area contributed by atoms with Crippen LogP contribution >= 0.6 is 0 Å². The number of aryl methyl sites for hydroxylation is 7. The maximum Gasteiger partial charge on any atom is 0.320 e. The maximum absolute atomic E-state index is 11.4. The molecule has 0 amide bonds. The number of hydrogen-bond acceptors (Lipinski definition) is 6. The molecule has 0 fully saturated rings. The second-order valence-corrected chi connectivity index (χ2v) is 13.4. The highest BCUT2D eigenvalue weighted by atomic mass is 16.6. The molecule has 3 heterocycles. The summed E-state index contributed by atoms with van der Waals surface area (Å²) >= 11 is 0. The van der Waals surface area contributed by atoms with Crippen molar-refractivity contribution in [3.63, 3.8) is 0 Å². The second kappa shape index (κ2) is 15.2. The molecule has 0 saturated carbocycles. The Hall–Kier alpha value is -5.46. The Labute approximate surface area is 297 Å². The fourth-order valence-electron chi connectivity index (χ4n) is 6.55. The van der Waals surface area contributed by atoms with E-state index >= 15 is 0 Å². The van der Waals surface area contributed by atoms with Crippen molar-refractivity contribution < 1.29 is 24.7 Å². The van der Waals surface area contributed by atoms with E-state index in [4.69, 9.17) is 21.7 Å². The zero-order valence-electron chi connectivity index (χ0n) is 30.7. The van der Waals surface area contributed by atoms with E-state index in [1.807, 2.05) is 32.4 Å². The van der Waals surface area contributed by atoms with Crippen LogP contribution in [0.2, 0.25) is 0 Å². The molecule has 12 heteroatoms. The van der Waals surface area contributed by atoms with Gasteiger partial charge in [-0.2, -0.15) is 0 Å². The Bertz CT molecular complexity index is 2290. The molecular formula is C39H48N6O6. The molecule has 270 valence electrons. The van der Waals surface area contributed by atoms with Crippen LogP contribution in [0.4, 0.5) is 5.69 Å². The minimum Gasteiger partial charge on any atom is -0.480 e. The number of aliphatic carboxylic acids is 2. The predicted molar refractivity (Wildman–Crippen MR) is 202 cm³/mol. The van der Waals surface area contributed by atoms with E-state index in [9.17, 15) is 19.7 Å². The lowest BCUT2D eigenvalue weighted by Crippen LogP contribution is -2.32. The van der Waals surface area contributed by atoms with E-state index in [0.717, 1.165) is 27.9 Å². The number of fused-ring (bicyclic) bond motifs is 3. The average molecular weight is 697 g/mol. The SMILES string of the molecule is Cc1ccc2c(c(CC(N)C(=O)O)c(C)n2C)c1[N+](=O)[O-].Cc1ccc2c(c1)c(CC(N)C(=O)O)c(C)n2C.Cc1ccc2c(c1)cc(C)n2C. The van der Waals surface area contributed by atoms with Gasteiger partial charge in [-0.15, -0.1) is 0 Å². The summed E-state index contributed by atoms with van der Waals surface area (Å²) < 4.78 is 6.12. The van der Waals surface area contributed by atoms with Crippen molar-refractivity contribution in [2.24, 2.45) is 32.6 Å². The molecule has 51 heavy (non-hydrogen) atoms. The first kappa shape index (κ1) is 38.3. The van der Waals surface area contributed by atoms with Gasteiger partial charge in [0.2, 0.25) is 0 Å². The van der Waals surface area contributed by atoms with Crippen molar-refractivity contribution >= 4 is 50.3 Å². The van der Waals surface area contributed by atoms with Gasteiger partial charge < -0.3 is 35.4 Å². The molecule has 2 atom stereocenters. The molecule has 12 nitrogen and oxygen atoms in total. The highest BCUT2D eigenvalue weighted by molar-refractivity contribution is 5.95. The van der Waals surface area contributed by atoms with Crippen molar-refractivity contribution in [1.29, 1.82) is 0 Å². The van der Waals surface area contributed by atoms with Gasteiger partial charge in [0.1, 0.15) is 12.1 Å². The van der Waals surface area contributed by atoms with Gasteiger partial charge in [-0.05, 0) is 89.1 Å². The molecule has 3 aromatic carbocycles.